The molecular formula is C25H20BrN3O2. The quantitative estimate of drug-likeness (QED) is 0.381. The van der Waals surface area contributed by atoms with E-state index in [2.05, 4.69) is 25.8 Å². The number of anilines is 1. The Bertz CT molecular complexity index is 1310. The number of para-hydroxylation sites is 2. The van der Waals surface area contributed by atoms with Crippen molar-refractivity contribution in [3.05, 3.63) is 100 Å². The highest BCUT2D eigenvalue weighted by Gasteiger charge is 2.36. The van der Waals surface area contributed by atoms with Gasteiger partial charge in [0, 0.05) is 4.47 Å². The third-order valence-electron chi connectivity index (χ3n) is 5.36. The molecule has 0 radical (unpaired) electrons. The zero-order chi connectivity index (χ0) is 21.4. The Kier molecular flexibility index (Phi) is 5.08. The van der Waals surface area contributed by atoms with E-state index in [-0.39, 0.29) is 5.97 Å². The highest BCUT2D eigenvalue weighted by Crippen LogP contribution is 2.42. The summed E-state index contributed by atoms with van der Waals surface area (Å²) in [5.74, 6) is 0.348. The molecule has 1 atom stereocenters. The number of halogens is 1. The van der Waals surface area contributed by atoms with Gasteiger partial charge in [-0.15, -0.1) is 0 Å². The van der Waals surface area contributed by atoms with E-state index in [1.54, 1.807) is 0 Å². The monoisotopic (exact) mass is 473 g/mol. The predicted molar refractivity (Wildman–Crippen MR) is 126 cm³/mol. The Balaban J connectivity index is 1.84. The first-order valence-electron chi connectivity index (χ1n) is 10.1. The molecule has 1 N–H and O–H groups in total. The lowest BCUT2D eigenvalue weighted by Gasteiger charge is -2.31. The minimum absolute atomic E-state index is 0.299. The molecule has 0 saturated heterocycles. The van der Waals surface area contributed by atoms with Crippen LogP contribution in [0.25, 0.3) is 16.7 Å². The molecule has 1 aliphatic rings. The molecule has 1 aliphatic heterocycles. The van der Waals surface area contributed by atoms with Crippen molar-refractivity contribution in [2.45, 2.75) is 13.0 Å². The normalized spacial score (nSPS) is 15.5. The number of hydrogen-bond donors (Lipinski definition) is 1. The standard InChI is InChI=1S/C25H20BrN3O2/c1-2-31-24(30)21-22(16-9-4-3-5-10-16)28-25-27-19-13-6-7-14-20(19)29(25)23(21)17-11-8-12-18(26)15-17/h3-15,23H,2H2,1H3,(H,27,28). The van der Waals surface area contributed by atoms with Crippen LogP contribution in [0.1, 0.15) is 24.1 Å². The molecule has 0 spiro atoms. The van der Waals surface area contributed by atoms with Crippen molar-refractivity contribution in [2.75, 3.05) is 11.9 Å². The summed E-state index contributed by atoms with van der Waals surface area (Å²) in [7, 11) is 0. The van der Waals surface area contributed by atoms with Crippen LogP contribution >= 0.6 is 15.9 Å². The number of imidazole rings is 1. The molecule has 0 bridgehead atoms. The number of benzene rings is 3. The minimum Gasteiger partial charge on any atom is -0.463 e. The van der Waals surface area contributed by atoms with E-state index in [4.69, 9.17) is 9.72 Å². The Hall–Kier alpha value is -3.38. The van der Waals surface area contributed by atoms with Crippen LogP contribution in [0.3, 0.4) is 0 Å². The van der Waals surface area contributed by atoms with Crippen LogP contribution in [0.2, 0.25) is 0 Å². The van der Waals surface area contributed by atoms with E-state index in [0.29, 0.717) is 23.8 Å². The van der Waals surface area contributed by atoms with Crippen molar-refractivity contribution in [3.8, 4) is 0 Å². The van der Waals surface area contributed by atoms with Gasteiger partial charge in [-0.2, -0.15) is 0 Å². The summed E-state index contributed by atoms with van der Waals surface area (Å²) in [6.45, 7) is 2.12. The second kappa shape index (κ2) is 8.04. The zero-order valence-corrected chi connectivity index (χ0v) is 18.5. The summed E-state index contributed by atoms with van der Waals surface area (Å²) >= 11 is 3.58. The van der Waals surface area contributed by atoms with Gasteiger partial charge in [-0.1, -0.05) is 70.5 Å². The number of nitrogens with one attached hydrogen (secondary N) is 1. The number of carbonyl (C=O) groups excluding carboxylic acids is 1. The maximum Gasteiger partial charge on any atom is 0.338 e. The fourth-order valence-electron chi connectivity index (χ4n) is 4.09. The molecule has 31 heavy (non-hydrogen) atoms. The number of aromatic nitrogens is 2. The molecule has 4 aromatic rings. The second-order valence-corrected chi connectivity index (χ2v) is 8.17. The molecule has 0 aliphatic carbocycles. The number of nitrogens with zero attached hydrogens (tertiary/aromatic N) is 2. The van der Waals surface area contributed by atoms with Crippen molar-refractivity contribution in [3.63, 3.8) is 0 Å². The summed E-state index contributed by atoms with van der Waals surface area (Å²) in [4.78, 5) is 18.2. The molecule has 0 amide bonds. The first kappa shape index (κ1) is 19.6. The highest BCUT2D eigenvalue weighted by molar-refractivity contribution is 9.10. The van der Waals surface area contributed by atoms with Gasteiger partial charge in [-0.05, 0) is 42.3 Å². The van der Waals surface area contributed by atoms with E-state index < -0.39 is 6.04 Å². The maximum atomic E-state index is 13.4. The summed E-state index contributed by atoms with van der Waals surface area (Å²) in [6.07, 6.45) is 0. The Morgan fingerprint density at radius 2 is 1.84 bits per heavy atom. The summed E-state index contributed by atoms with van der Waals surface area (Å²) in [6, 6.07) is 25.4. The molecule has 5 rings (SSSR count). The molecule has 154 valence electrons. The van der Waals surface area contributed by atoms with Crippen LogP contribution < -0.4 is 5.32 Å². The van der Waals surface area contributed by atoms with Crippen molar-refractivity contribution in [2.24, 2.45) is 0 Å². The fraction of sp³-hybridized carbons (Fsp3) is 0.120. The lowest BCUT2D eigenvalue weighted by molar-refractivity contribution is -0.138. The van der Waals surface area contributed by atoms with Crippen LogP contribution in [0.4, 0.5) is 5.95 Å². The van der Waals surface area contributed by atoms with Gasteiger partial charge in [-0.25, -0.2) is 9.78 Å². The smallest absolute Gasteiger partial charge is 0.338 e. The van der Waals surface area contributed by atoms with Gasteiger partial charge in [0.1, 0.15) is 0 Å². The number of esters is 1. The molecule has 0 saturated carbocycles. The Labute approximate surface area is 188 Å². The first-order valence-corrected chi connectivity index (χ1v) is 10.9. The van der Waals surface area contributed by atoms with Gasteiger partial charge in [0.05, 0.1) is 35.0 Å². The van der Waals surface area contributed by atoms with Gasteiger partial charge in [0.2, 0.25) is 5.95 Å². The van der Waals surface area contributed by atoms with E-state index in [0.717, 1.165) is 26.6 Å². The fourth-order valence-corrected chi connectivity index (χ4v) is 4.50. The average molecular weight is 474 g/mol. The largest absolute Gasteiger partial charge is 0.463 e. The van der Waals surface area contributed by atoms with Crippen molar-refractivity contribution < 1.29 is 9.53 Å². The number of carbonyl (C=O) groups is 1. The Morgan fingerprint density at radius 3 is 2.61 bits per heavy atom. The molecule has 5 nitrogen and oxygen atoms in total. The van der Waals surface area contributed by atoms with Gasteiger partial charge in [-0.3, -0.25) is 4.57 Å². The van der Waals surface area contributed by atoms with E-state index in [1.165, 1.54) is 0 Å². The van der Waals surface area contributed by atoms with Crippen LogP contribution in [-0.2, 0) is 9.53 Å². The van der Waals surface area contributed by atoms with Crippen molar-refractivity contribution >= 4 is 44.6 Å². The van der Waals surface area contributed by atoms with E-state index in [9.17, 15) is 4.79 Å². The topological polar surface area (TPSA) is 56.1 Å². The minimum atomic E-state index is -0.393. The summed E-state index contributed by atoms with van der Waals surface area (Å²) < 4.78 is 8.56. The number of fused-ring (bicyclic) bond motifs is 3. The lowest BCUT2D eigenvalue weighted by Crippen LogP contribution is -2.29. The second-order valence-electron chi connectivity index (χ2n) is 7.25. The van der Waals surface area contributed by atoms with E-state index >= 15 is 0 Å². The molecule has 1 aromatic heterocycles. The molecule has 1 unspecified atom stereocenters. The SMILES string of the molecule is CCOC(=O)C1=C(c2ccccc2)Nc2nc3ccccc3n2C1c1cccc(Br)c1. The highest BCUT2D eigenvalue weighted by atomic mass is 79.9. The number of hydrogen-bond acceptors (Lipinski definition) is 4. The lowest BCUT2D eigenvalue weighted by atomic mass is 9.92. The molecule has 6 heteroatoms. The predicted octanol–water partition coefficient (Wildman–Crippen LogP) is 5.79. The van der Waals surface area contributed by atoms with E-state index in [1.807, 2.05) is 85.8 Å². The van der Waals surface area contributed by atoms with Crippen LogP contribution in [0.5, 0.6) is 0 Å². The van der Waals surface area contributed by atoms with Crippen LogP contribution in [-0.4, -0.2) is 22.1 Å². The first-order chi connectivity index (χ1) is 15.2. The molecule has 2 heterocycles. The van der Waals surface area contributed by atoms with Crippen molar-refractivity contribution in [1.29, 1.82) is 0 Å². The van der Waals surface area contributed by atoms with Crippen molar-refractivity contribution in [1.82, 2.24) is 9.55 Å². The van der Waals surface area contributed by atoms with Crippen LogP contribution in [0.15, 0.2) is 88.9 Å². The number of rotatable bonds is 4. The average Bonchev–Trinajstić information content (AvgIpc) is 3.17. The van der Waals surface area contributed by atoms with Gasteiger partial charge >= 0.3 is 5.97 Å². The molecular weight excluding hydrogens is 454 g/mol. The van der Waals surface area contributed by atoms with Gasteiger partial charge < -0.3 is 10.1 Å². The molecule has 0 fully saturated rings. The zero-order valence-electron chi connectivity index (χ0n) is 16.9. The van der Waals surface area contributed by atoms with Crippen LogP contribution in [0, 0.1) is 0 Å². The molecule has 3 aromatic carbocycles. The van der Waals surface area contributed by atoms with Gasteiger partial charge in [0.15, 0.2) is 0 Å². The summed E-state index contributed by atoms with van der Waals surface area (Å²) in [5.41, 5.74) is 4.96. The third-order valence-corrected chi connectivity index (χ3v) is 5.85. The summed E-state index contributed by atoms with van der Waals surface area (Å²) in [5, 5.41) is 3.43. The third kappa shape index (κ3) is 3.43. The number of ether oxygens (including phenoxy) is 1. The Morgan fingerprint density at radius 1 is 1.06 bits per heavy atom. The van der Waals surface area contributed by atoms with Gasteiger partial charge in [0.25, 0.3) is 0 Å². The maximum absolute atomic E-state index is 13.4.